The van der Waals surface area contributed by atoms with E-state index in [-0.39, 0.29) is 17.7 Å². The molecule has 1 fully saturated rings. The van der Waals surface area contributed by atoms with Crippen molar-refractivity contribution < 1.29 is 9.59 Å². The van der Waals surface area contributed by atoms with E-state index in [1.807, 2.05) is 47.4 Å². The number of aromatic nitrogens is 2. The Kier molecular flexibility index (Phi) is 6.18. The summed E-state index contributed by atoms with van der Waals surface area (Å²) in [6.07, 6.45) is 2.46. The van der Waals surface area contributed by atoms with Gasteiger partial charge < -0.3 is 10.2 Å². The number of benzene rings is 2. The first-order valence-corrected chi connectivity index (χ1v) is 11.0. The third-order valence-electron chi connectivity index (χ3n) is 5.30. The third-order valence-corrected chi connectivity index (χ3v) is 6.30. The van der Waals surface area contributed by atoms with Gasteiger partial charge in [-0.15, -0.1) is 10.2 Å². The topological polar surface area (TPSA) is 75.2 Å². The van der Waals surface area contributed by atoms with Crippen LogP contribution in [-0.2, 0) is 22.4 Å². The van der Waals surface area contributed by atoms with Gasteiger partial charge in [-0.2, -0.15) is 0 Å². The molecule has 0 saturated carbocycles. The molecule has 0 aliphatic carbocycles. The Hall–Kier alpha value is -3.06. The fourth-order valence-electron chi connectivity index (χ4n) is 3.57. The predicted molar refractivity (Wildman–Crippen MR) is 119 cm³/mol. The van der Waals surface area contributed by atoms with Gasteiger partial charge >= 0.3 is 0 Å². The molecule has 2 amide bonds. The van der Waals surface area contributed by atoms with E-state index in [0.717, 1.165) is 22.7 Å². The highest BCUT2D eigenvalue weighted by atomic mass is 32.1. The zero-order valence-corrected chi connectivity index (χ0v) is 17.7. The molecule has 154 valence electrons. The number of carbonyl (C=O) groups excluding carboxylic acids is 2. The molecule has 3 aromatic rings. The molecule has 0 radical (unpaired) electrons. The summed E-state index contributed by atoms with van der Waals surface area (Å²) in [6, 6.07) is 18.0. The van der Waals surface area contributed by atoms with E-state index in [1.165, 1.54) is 16.9 Å². The number of nitrogens with zero attached hydrogens (tertiary/aromatic N) is 3. The molecule has 1 saturated heterocycles. The number of hydrogen-bond acceptors (Lipinski definition) is 5. The molecule has 1 aliphatic heterocycles. The van der Waals surface area contributed by atoms with Crippen LogP contribution in [0.25, 0.3) is 0 Å². The van der Waals surface area contributed by atoms with Gasteiger partial charge in [0.2, 0.25) is 16.9 Å². The van der Waals surface area contributed by atoms with Gasteiger partial charge in [0.15, 0.2) is 0 Å². The Morgan fingerprint density at radius 2 is 1.87 bits per heavy atom. The lowest BCUT2D eigenvalue weighted by Crippen LogP contribution is -2.24. The molecule has 2 aromatic carbocycles. The zero-order valence-electron chi connectivity index (χ0n) is 16.9. The first-order chi connectivity index (χ1) is 14.6. The van der Waals surface area contributed by atoms with Gasteiger partial charge in [-0.1, -0.05) is 60.7 Å². The van der Waals surface area contributed by atoms with Gasteiger partial charge in [0.25, 0.3) is 0 Å². The predicted octanol–water partition coefficient (Wildman–Crippen LogP) is 4.19. The number of nitrogens with one attached hydrogen (secondary N) is 1. The highest BCUT2D eigenvalue weighted by Crippen LogP contribution is 2.34. The maximum atomic E-state index is 12.5. The molecule has 30 heavy (non-hydrogen) atoms. The molecule has 1 atom stereocenters. The molecule has 6 nitrogen and oxygen atoms in total. The van der Waals surface area contributed by atoms with Crippen LogP contribution in [0.15, 0.2) is 54.6 Å². The molecule has 0 spiro atoms. The van der Waals surface area contributed by atoms with E-state index in [4.69, 9.17) is 0 Å². The van der Waals surface area contributed by atoms with Gasteiger partial charge in [0, 0.05) is 31.0 Å². The van der Waals surface area contributed by atoms with E-state index in [2.05, 4.69) is 34.6 Å². The van der Waals surface area contributed by atoms with Gasteiger partial charge in [-0.25, -0.2) is 0 Å². The smallest absolute Gasteiger partial charge is 0.227 e. The minimum Gasteiger partial charge on any atom is -0.312 e. The lowest BCUT2D eigenvalue weighted by molar-refractivity contribution is -0.117. The summed E-state index contributed by atoms with van der Waals surface area (Å²) < 4.78 is 0. The highest BCUT2D eigenvalue weighted by molar-refractivity contribution is 7.15. The highest BCUT2D eigenvalue weighted by Gasteiger charge is 2.33. The van der Waals surface area contributed by atoms with Crippen molar-refractivity contribution in [2.45, 2.75) is 38.5 Å². The number of carbonyl (C=O) groups is 2. The number of rotatable bonds is 7. The summed E-state index contributed by atoms with van der Waals surface area (Å²) in [5.41, 5.74) is 3.29. The lowest BCUT2D eigenvalue weighted by atomic mass is 10.1. The minimum absolute atomic E-state index is 0.00387. The Morgan fingerprint density at radius 1 is 1.10 bits per heavy atom. The van der Waals surface area contributed by atoms with E-state index in [0.29, 0.717) is 30.9 Å². The van der Waals surface area contributed by atoms with Crippen LogP contribution in [0.2, 0.25) is 0 Å². The average Bonchev–Trinajstić information content (AvgIpc) is 3.39. The summed E-state index contributed by atoms with van der Waals surface area (Å²) in [6.45, 7) is 2.69. The van der Waals surface area contributed by atoms with Crippen molar-refractivity contribution in [2.75, 3.05) is 16.8 Å². The van der Waals surface area contributed by atoms with Crippen LogP contribution in [0.5, 0.6) is 0 Å². The molecule has 1 aromatic heterocycles. The summed E-state index contributed by atoms with van der Waals surface area (Å²) in [4.78, 5) is 26.6. The second-order valence-corrected chi connectivity index (χ2v) is 8.41. The first kappa shape index (κ1) is 20.2. The second-order valence-electron chi connectivity index (χ2n) is 7.40. The summed E-state index contributed by atoms with van der Waals surface area (Å²) in [5, 5.41) is 12.4. The molecular weight excluding hydrogens is 396 g/mol. The number of hydrogen-bond donors (Lipinski definition) is 1. The van der Waals surface area contributed by atoms with Crippen LogP contribution < -0.4 is 10.2 Å². The maximum Gasteiger partial charge on any atom is 0.227 e. The molecular formula is C23H24N4O2S. The minimum atomic E-state index is -0.0818. The first-order valence-electron chi connectivity index (χ1n) is 10.2. The van der Waals surface area contributed by atoms with Crippen LogP contribution >= 0.6 is 11.3 Å². The van der Waals surface area contributed by atoms with Crippen LogP contribution in [0.4, 0.5) is 10.8 Å². The molecule has 1 N–H and O–H groups in total. The summed E-state index contributed by atoms with van der Waals surface area (Å²) >= 11 is 1.35. The van der Waals surface area contributed by atoms with Crippen LogP contribution in [0, 0.1) is 0 Å². The van der Waals surface area contributed by atoms with E-state index in [1.54, 1.807) is 0 Å². The lowest BCUT2D eigenvalue weighted by Gasteiger charge is -2.16. The van der Waals surface area contributed by atoms with Gasteiger partial charge in [-0.3, -0.25) is 9.59 Å². The van der Waals surface area contributed by atoms with Crippen LogP contribution in [-0.4, -0.2) is 28.6 Å². The van der Waals surface area contributed by atoms with Gasteiger partial charge in [0.05, 0.1) is 0 Å². The van der Waals surface area contributed by atoms with E-state index < -0.39 is 0 Å². The summed E-state index contributed by atoms with van der Waals surface area (Å²) in [5.74, 6) is 0.00501. The van der Waals surface area contributed by atoms with Crippen LogP contribution in [0.3, 0.4) is 0 Å². The third kappa shape index (κ3) is 4.74. The number of aryl methyl sites for hydroxylation is 2. The Labute approximate surface area is 180 Å². The Morgan fingerprint density at radius 3 is 2.60 bits per heavy atom. The fourth-order valence-corrected chi connectivity index (χ4v) is 4.42. The van der Waals surface area contributed by atoms with E-state index >= 15 is 0 Å². The zero-order chi connectivity index (χ0) is 20.9. The van der Waals surface area contributed by atoms with Crippen molar-refractivity contribution in [3.05, 3.63) is 70.7 Å². The Balaban J connectivity index is 1.34. The molecule has 1 aliphatic rings. The van der Waals surface area contributed by atoms with E-state index in [9.17, 15) is 9.59 Å². The normalized spacial score (nSPS) is 16.1. The fraction of sp³-hybridized carbons (Fsp3) is 0.304. The standard InChI is InChI=1S/C23H24N4O2S/c1-2-16-8-11-19(12-9-16)27-15-18(14-21(27)29)22-25-26-23(30-22)24-20(28)13-10-17-6-4-3-5-7-17/h3-9,11-12,18H,2,10,13-15H2,1H3,(H,24,26,28). The molecule has 7 heteroatoms. The van der Waals surface area contributed by atoms with Crippen molar-refractivity contribution >= 4 is 34.0 Å². The molecule has 4 rings (SSSR count). The average molecular weight is 421 g/mol. The van der Waals surface area contributed by atoms with Crippen LogP contribution in [0.1, 0.15) is 41.8 Å². The number of amides is 2. The second kappa shape index (κ2) is 9.17. The largest absolute Gasteiger partial charge is 0.312 e. The maximum absolute atomic E-state index is 12.5. The Bertz CT molecular complexity index is 1020. The van der Waals surface area contributed by atoms with Crippen molar-refractivity contribution in [3.8, 4) is 0 Å². The quantitative estimate of drug-likeness (QED) is 0.622. The van der Waals surface area contributed by atoms with Crippen molar-refractivity contribution in [2.24, 2.45) is 0 Å². The SMILES string of the molecule is CCc1ccc(N2CC(c3nnc(NC(=O)CCc4ccccc4)s3)CC2=O)cc1. The molecule has 1 unspecified atom stereocenters. The summed E-state index contributed by atoms with van der Waals surface area (Å²) in [7, 11) is 0. The van der Waals surface area contributed by atoms with Gasteiger partial charge in [-0.05, 0) is 36.1 Å². The van der Waals surface area contributed by atoms with Crippen molar-refractivity contribution in [1.82, 2.24) is 10.2 Å². The van der Waals surface area contributed by atoms with Gasteiger partial charge in [0.1, 0.15) is 5.01 Å². The van der Waals surface area contributed by atoms with Crippen molar-refractivity contribution in [1.29, 1.82) is 0 Å². The monoisotopic (exact) mass is 420 g/mol. The molecule has 0 bridgehead atoms. The number of anilines is 2. The molecule has 2 heterocycles. The van der Waals surface area contributed by atoms with Crippen molar-refractivity contribution in [3.63, 3.8) is 0 Å².